The molecule has 1 aromatic heterocycles. The van der Waals surface area contributed by atoms with Crippen LogP contribution < -0.4 is 5.32 Å². The molecule has 0 aliphatic rings. The lowest BCUT2D eigenvalue weighted by Gasteiger charge is -2.02. The highest BCUT2D eigenvalue weighted by molar-refractivity contribution is 6.01. The van der Waals surface area contributed by atoms with Gasteiger partial charge in [-0.3, -0.25) is 9.89 Å². The maximum Gasteiger partial charge on any atom is 0.292 e. The van der Waals surface area contributed by atoms with Gasteiger partial charge in [0.15, 0.2) is 0 Å². The van der Waals surface area contributed by atoms with Crippen LogP contribution in [0.1, 0.15) is 16.2 Å². The summed E-state index contributed by atoms with van der Waals surface area (Å²) in [7, 11) is 0. The van der Waals surface area contributed by atoms with Gasteiger partial charge in [-0.1, -0.05) is 6.07 Å². The smallest absolute Gasteiger partial charge is 0.292 e. The number of carbonyl (C=O) groups excluding carboxylic acids is 1. The first-order chi connectivity index (χ1) is 7.79. The summed E-state index contributed by atoms with van der Waals surface area (Å²) in [5.41, 5.74) is 1.02. The summed E-state index contributed by atoms with van der Waals surface area (Å²) in [5.74, 6) is -0.269. The lowest BCUT2D eigenvalue weighted by atomic mass is 10.2. The van der Waals surface area contributed by atoms with Crippen LogP contribution in [0.25, 0.3) is 0 Å². The minimum Gasteiger partial charge on any atom is -0.319 e. The number of benzene rings is 1. The molecule has 6 nitrogen and oxygen atoms in total. The van der Waals surface area contributed by atoms with Gasteiger partial charge in [-0.15, -0.1) is 0 Å². The van der Waals surface area contributed by atoms with Gasteiger partial charge >= 0.3 is 0 Å². The SMILES string of the molecule is N#Cc1cccc(NC(=O)c2ncn[nH]2)c1. The van der Waals surface area contributed by atoms with Crippen molar-refractivity contribution in [2.24, 2.45) is 0 Å². The highest BCUT2D eigenvalue weighted by Gasteiger charge is 2.08. The molecule has 16 heavy (non-hydrogen) atoms. The highest BCUT2D eigenvalue weighted by Crippen LogP contribution is 2.10. The molecule has 0 bridgehead atoms. The first-order valence-corrected chi connectivity index (χ1v) is 4.46. The van der Waals surface area contributed by atoms with E-state index in [0.29, 0.717) is 11.3 Å². The number of nitriles is 1. The van der Waals surface area contributed by atoms with Crippen LogP contribution in [0, 0.1) is 11.3 Å². The van der Waals surface area contributed by atoms with Crippen molar-refractivity contribution in [3.05, 3.63) is 42.0 Å². The standard InChI is InChI=1S/C10H7N5O/c11-5-7-2-1-3-8(4-7)14-10(16)9-12-6-13-15-9/h1-4,6H,(H,14,16)(H,12,13,15). The summed E-state index contributed by atoms with van der Waals surface area (Å²) in [5, 5.41) is 17.3. The Kier molecular flexibility index (Phi) is 2.61. The number of nitrogens with zero attached hydrogens (tertiary/aromatic N) is 3. The lowest BCUT2D eigenvalue weighted by molar-refractivity contribution is 0.101. The molecule has 1 amide bonds. The molecular formula is C10H7N5O. The van der Waals surface area contributed by atoms with E-state index in [-0.39, 0.29) is 5.82 Å². The van der Waals surface area contributed by atoms with Crippen molar-refractivity contribution in [3.63, 3.8) is 0 Å². The zero-order valence-corrected chi connectivity index (χ0v) is 8.14. The van der Waals surface area contributed by atoms with Crippen molar-refractivity contribution in [2.45, 2.75) is 0 Å². The van der Waals surface area contributed by atoms with Crippen LogP contribution in [0.2, 0.25) is 0 Å². The fourth-order valence-electron chi connectivity index (χ4n) is 1.17. The van der Waals surface area contributed by atoms with Gasteiger partial charge in [0.25, 0.3) is 5.91 Å². The third-order valence-electron chi connectivity index (χ3n) is 1.88. The Labute approximate surface area is 90.9 Å². The van der Waals surface area contributed by atoms with Crippen molar-refractivity contribution >= 4 is 11.6 Å². The molecule has 0 aliphatic heterocycles. The lowest BCUT2D eigenvalue weighted by Crippen LogP contribution is -2.13. The van der Waals surface area contributed by atoms with Gasteiger partial charge in [-0.2, -0.15) is 10.4 Å². The van der Waals surface area contributed by atoms with Gasteiger partial charge in [0.05, 0.1) is 11.6 Å². The molecule has 0 unspecified atom stereocenters. The third kappa shape index (κ3) is 2.04. The van der Waals surface area contributed by atoms with Gasteiger partial charge in [-0.05, 0) is 18.2 Å². The Bertz CT molecular complexity index is 541. The molecule has 1 aromatic carbocycles. The first-order valence-electron chi connectivity index (χ1n) is 4.46. The number of hydrogen-bond donors (Lipinski definition) is 2. The van der Waals surface area contributed by atoms with Gasteiger partial charge in [0, 0.05) is 5.69 Å². The predicted octanol–water partition coefficient (Wildman–Crippen LogP) is 0.929. The van der Waals surface area contributed by atoms with Crippen molar-refractivity contribution in [2.75, 3.05) is 5.32 Å². The number of aromatic nitrogens is 3. The third-order valence-corrected chi connectivity index (χ3v) is 1.88. The van der Waals surface area contributed by atoms with Crippen LogP contribution in [0.4, 0.5) is 5.69 Å². The highest BCUT2D eigenvalue weighted by atomic mass is 16.2. The number of anilines is 1. The number of aromatic amines is 1. The fourth-order valence-corrected chi connectivity index (χ4v) is 1.17. The molecule has 6 heteroatoms. The van der Waals surface area contributed by atoms with Crippen LogP contribution >= 0.6 is 0 Å². The van der Waals surface area contributed by atoms with Crippen LogP contribution in [0.3, 0.4) is 0 Å². The Morgan fingerprint density at radius 1 is 1.50 bits per heavy atom. The van der Waals surface area contributed by atoms with Gasteiger partial charge in [-0.25, -0.2) is 4.98 Å². The summed E-state index contributed by atoms with van der Waals surface area (Å²) in [6.45, 7) is 0. The van der Waals surface area contributed by atoms with Crippen molar-refractivity contribution in [1.29, 1.82) is 5.26 Å². The second-order valence-corrected chi connectivity index (χ2v) is 2.98. The van der Waals surface area contributed by atoms with Crippen molar-refractivity contribution in [3.8, 4) is 6.07 Å². The molecule has 0 saturated carbocycles. The van der Waals surface area contributed by atoms with E-state index in [1.807, 2.05) is 6.07 Å². The second kappa shape index (κ2) is 4.23. The number of amides is 1. The average Bonchev–Trinajstić information content (AvgIpc) is 2.83. The molecular weight excluding hydrogens is 206 g/mol. The molecule has 2 N–H and O–H groups in total. The minimum absolute atomic E-state index is 0.127. The molecule has 2 rings (SSSR count). The van der Waals surface area contributed by atoms with E-state index in [4.69, 9.17) is 5.26 Å². The van der Waals surface area contributed by atoms with Gasteiger partial charge in [0.2, 0.25) is 5.82 Å². The minimum atomic E-state index is -0.396. The monoisotopic (exact) mass is 213 g/mol. The number of carbonyl (C=O) groups is 1. The van der Waals surface area contributed by atoms with E-state index < -0.39 is 5.91 Å². The number of hydrogen-bond acceptors (Lipinski definition) is 4. The molecule has 0 aliphatic carbocycles. The molecule has 0 atom stereocenters. The van der Waals surface area contributed by atoms with Crippen molar-refractivity contribution < 1.29 is 4.79 Å². The van der Waals surface area contributed by atoms with E-state index in [2.05, 4.69) is 20.5 Å². The molecule has 0 saturated heterocycles. The number of rotatable bonds is 2. The predicted molar refractivity (Wildman–Crippen MR) is 55.5 cm³/mol. The Morgan fingerprint density at radius 2 is 2.38 bits per heavy atom. The molecule has 0 spiro atoms. The molecule has 0 radical (unpaired) electrons. The van der Waals surface area contributed by atoms with E-state index in [0.717, 1.165) is 0 Å². The fraction of sp³-hybridized carbons (Fsp3) is 0. The molecule has 1 heterocycles. The summed E-state index contributed by atoms with van der Waals surface area (Å²) >= 11 is 0. The van der Waals surface area contributed by atoms with Gasteiger partial charge in [0.1, 0.15) is 6.33 Å². The maximum atomic E-state index is 11.5. The molecule has 0 fully saturated rings. The van der Waals surface area contributed by atoms with Gasteiger partial charge < -0.3 is 5.32 Å². The number of nitrogens with one attached hydrogen (secondary N) is 2. The Hall–Kier alpha value is -2.68. The van der Waals surface area contributed by atoms with E-state index in [1.54, 1.807) is 24.3 Å². The largest absolute Gasteiger partial charge is 0.319 e. The van der Waals surface area contributed by atoms with Crippen LogP contribution in [-0.4, -0.2) is 21.1 Å². The van der Waals surface area contributed by atoms with Crippen LogP contribution in [-0.2, 0) is 0 Å². The normalized spacial score (nSPS) is 9.44. The van der Waals surface area contributed by atoms with Crippen LogP contribution in [0.15, 0.2) is 30.6 Å². The number of H-pyrrole nitrogens is 1. The zero-order chi connectivity index (χ0) is 11.4. The van der Waals surface area contributed by atoms with E-state index in [1.165, 1.54) is 6.33 Å². The van der Waals surface area contributed by atoms with Crippen molar-refractivity contribution in [1.82, 2.24) is 15.2 Å². The first kappa shape index (κ1) is 9.86. The maximum absolute atomic E-state index is 11.5. The zero-order valence-electron chi connectivity index (χ0n) is 8.14. The summed E-state index contributed by atoms with van der Waals surface area (Å²) in [4.78, 5) is 15.3. The topological polar surface area (TPSA) is 94.5 Å². The second-order valence-electron chi connectivity index (χ2n) is 2.98. The average molecular weight is 213 g/mol. The summed E-state index contributed by atoms with van der Waals surface area (Å²) in [6, 6.07) is 8.60. The van der Waals surface area contributed by atoms with E-state index >= 15 is 0 Å². The summed E-state index contributed by atoms with van der Waals surface area (Å²) < 4.78 is 0. The Balaban J connectivity index is 2.16. The molecule has 78 valence electrons. The summed E-state index contributed by atoms with van der Waals surface area (Å²) in [6.07, 6.45) is 1.25. The quantitative estimate of drug-likeness (QED) is 0.775. The van der Waals surface area contributed by atoms with Crippen LogP contribution in [0.5, 0.6) is 0 Å². The Morgan fingerprint density at radius 3 is 3.06 bits per heavy atom. The van der Waals surface area contributed by atoms with E-state index in [9.17, 15) is 4.79 Å². The molecule has 2 aromatic rings.